The van der Waals surface area contributed by atoms with Gasteiger partial charge in [0.05, 0.1) is 0 Å². The molecule has 0 atom stereocenters. The van der Waals surface area contributed by atoms with Gasteiger partial charge in [0.15, 0.2) is 26.4 Å². The molecule has 0 spiro atoms. The summed E-state index contributed by atoms with van der Waals surface area (Å²) in [6, 6.07) is -8.79. The Bertz CT molecular complexity index is 2430. The number of halogens is 36. The molecule has 0 N–H and O–H groups in total. The first kappa shape index (κ1) is 71.1. The molecular weight excluding hydrogens is 1320 g/mol. The molecule has 4 aliphatic rings. The van der Waals surface area contributed by atoms with Crippen molar-refractivity contribution in [1.29, 1.82) is 0 Å². The molecule has 0 aliphatic heterocycles. The number of aromatic nitrogens is 6. The molecule has 0 aromatic carbocycles. The second-order valence-electron chi connectivity index (χ2n) is 19.5. The molecule has 4 saturated carbocycles. The minimum Gasteiger partial charge on any atom is -0.457 e. The molecule has 2 aromatic heterocycles. The van der Waals surface area contributed by atoms with Crippen LogP contribution in [-0.2, 0) is 0 Å². The first-order chi connectivity index (χ1) is 37.9. The quantitative estimate of drug-likeness (QED) is 0.0931. The van der Waals surface area contributed by atoms with E-state index in [1.165, 1.54) is 0 Å². The number of hydrogen-bond donors (Lipinski definition) is 0. The Morgan fingerprint density at radius 2 is 0.500 bits per heavy atom. The van der Waals surface area contributed by atoms with Crippen molar-refractivity contribution in [1.82, 2.24) is 29.9 Å². The van der Waals surface area contributed by atoms with Gasteiger partial charge in [0.25, 0.3) is 0 Å². The Balaban J connectivity index is 1.61. The normalized spacial score (nSPS) is 22.1. The van der Waals surface area contributed by atoms with Gasteiger partial charge >= 0.3 is 120 Å². The van der Waals surface area contributed by atoms with Gasteiger partial charge in [0.2, 0.25) is 11.9 Å². The lowest BCUT2D eigenvalue weighted by Crippen LogP contribution is -2.69. The standard InChI is InChI=1S/C38H28F36N8O4/c1-81(15-75-17(83-9-23(39,40)27(47,48)31(55,56)35(63,64)65)79-18(76-15)84-10-24(41,42)28(49,50)32(57,58)36(66,67)68)21-4-13-3-14(5-21)7-22(6-13,8-21)82(2)16-77-19(85-11-25(43,44)29(51,52)33(59,60)37(69,70)71)80-20(78-16)86-12-26(45,46)30(53,54)34(61,62)38(72,73)74/h13-14H,3-12H2,1-2H3. The summed E-state index contributed by atoms with van der Waals surface area (Å²) in [6.07, 6.45) is -32.2. The third kappa shape index (κ3) is 11.7. The summed E-state index contributed by atoms with van der Waals surface area (Å²) in [7, 11) is 1.42. The van der Waals surface area contributed by atoms with Crippen LogP contribution in [0.4, 0.5) is 170 Å². The number of anilines is 2. The van der Waals surface area contributed by atoms with E-state index in [0.717, 1.165) is 0 Å². The molecule has 6 rings (SSSR count). The van der Waals surface area contributed by atoms with Gasteiger partial charge in [-0.05, 0) is 50.4 Å². The lowest BCUT2D eigenvalue weighted by Gasteiger charge is -2.66. The van der Waals surface area contributed by atoms with Crippen LogP contribution in [0.5, 0.6) is 24.0 Å². The molecule has 0 amide bonds. The highest BCUT2D eigenvalue weighted by molar-refractivity contribution is 5.44. The van der Waals surface area contributed by atoms with Crippen molar-refractivity contribution < 1.29 is 177 Å². The van der Waals surface area contributed by atoms with Crippen LogP contribution in [0.2, 0.25) is 0 Å². The summed E-state index contributed by atoms with van der Waals surface area (Å²) in [5.41, 5.74) is -3.90. The van der Waals surface area contributed by atoms with Gasteiger partial charge in [-0.15, -0.1) is 9.97 Å². The van der Waals surface area contributed by atoms with Crippen molar-refractivity contribution >= 4 is 11.9 Å². The smallest absolute Gasteiger partial charge is 0.457 e. The van der Waals surface area contributed by atoms with Crippen LogP contribution in [0.15, 0.2) is 0 Å². The van der Waals surface area contributed by atoms with Crippen molar-refractivity contribution in [2.75, 3.05) is 50.3 Å². The van der Waals surface area contributed by atoms with Crippen molar-refractivity contribution in [3.8, 4) is 24.0 Å². The van der Waals surface area contributed by atoms with Gasteiger partial charge in [0.1, 0.15) is 0 Å². The Morgan fingerprint density at radius 1 is 0.314 bits per heavy atom. The van der Waals surface area contributed by atoms with Gasteiger partial charge in [0, 0.05) is 25.2 Å². The van der Waals surface area contributed by atoms with Gasteiger partial charge in [-0.25, -0.2) is 0 Å². The number of nitrogens with zero attached hydrogens (tertiary/aromatic N) is 8. The first-order valence-corrected chi connectivity index (χ1v) is 22.2. The van der Waals surface area contributed by atoms with Crippen LogP contribution in [-0.4, -0.2) is 177 Å². The van der Waals surface area contributed by atoms with Crippen LogP contribution in [0.25, 0.3) is 0 Å². The first-order valence-electron chi connectivity index (χ1n) is 22.2. The number of rotatable bonds is 24. The molecule has 48 heteroatoms. The van der Waals surface area contributed by atoms with Crippen molar-refractivity contribution in [2.24, 2.45) is 11.8 Å². The monoisotopic (exact) mass is 1340 g/mol. The molecule has 496 valence electrons. The Hall–Kier alpha value is -5.70. The van der Waals surface area contributed by atoms with Crippen LogP contribution < -0.4 is 28.7 Å². The van der Waals surface area contributed by atoms with Gasteiger partial charge in [-0.2, -0.15) is 178 Å². The molecule has 86 heavy (non-hydrogen) atoms. The minimum absolute atomic E-state index is 0.0143. The summed E-state index contributed by atoms with van der Waals surface area (Å²) in [4.78, 5) is 19.6. The summed E-state index contributed by atoms with van der Waals surface area (Å²) in [6.45, 7) is -13.8. The molecule has 4 aliphatic carbocycles. The SMILES string of the molecule is CN(c1nc(OCC(F)(F)C(F)(F)C(F)(F)C(F)(F)F)nc(OCC(F)(F)C(F)(F)C(F)(F)C(F)(F)F)n1)C12CC3CC(C1)CC(N(C)c1nc(OCC(F)(F)C(F)(F)C(F)(F)C(F)(F)F)nc(OCC(F)(F)C(F)(F)C(F)(F)C(F)(F)F)n1)(C3)C2. The summed E-state index contributed by atoms with van der Waals surface area (Å²) in [5, 5.41) is 0. The van der Waals surface area contributed by atoms with E-state index in [9.17, 15) is 158 Å². The van der Waals surface area contributed by atoms with Crippen LogP contribution in [0, 0.1) is 11.8 Å². The predicted molar refractivity (Wildman–Crippen MR) is 202 cm³/mol. The van der Waals surface area contributed by atoms with E-state index in [2.05, 4.69) is 48.9 Å². The van der Waals surface area contributed by atoms with E-state index >= 15 is 0 Å². The van der Waals surface area contributed by atoms with E-state index < -0.39 is 187 Å². The molecule has 2 heterocycles. The van der Waals surface area contributed by atoms with Crippen molar-refractivity contribution in [2.45, 2.75) is 145 Å². The fraction of sp³-hybridized carbons (Fsp3) is 0.842. The van der Waals surface area contributed by atoms with E-state index in [-0.39, 0.29) is 32.1 Å². The molecule has 12 nitrogen and oxygen atoms in total. The fourth-order valence-electron chi connectivity index (χ4n) is 9.20. The Labute approximate surface area is 450 Å². The van der Waals surface area contributed by atoms with E-state index in [4.69, 9.17) is 0 Å². The topological polar surface area (TPSA) is 121 Å². The van der Waals surface area contributed by atoms with E-state index in [1.54, 1.807) is 0 Å². The van der Waals surface area contributed by atoms with Gasteiger partial charge in [-0.3, -0.25) is 0 Å². The molecule has 0 unspecified atom stereocenters. The van der Waals surface area contributed by atoms with Crippen LogP contribution >= 0.6 is 0 Å². The number of ether oxygens (including phenoxy) is 4. The molecular formula is C38H28F36N8O4. The van der Waals surface area contributed by atoms with E-state index in [0.29, 0.717) is 23.9 Å². The minimum atomic E-state index is -7.65. The second-order valence-corrected chi connectivity index (χ2v) is 19.5. The lowest BCUT2D eigenvalue weighted by molar-refractivity contribution is -0.398. The van der Waals surface area contributed by atoms with Crippen molar-refractivity contribution in [3.05, 3.63) is 0 Å². The number of hydrogen-bond acceptors (Lipinski definition) is 12. The highest BCUT2D eigenvalue weighted by Crippen LogP contribution is 2.63. The predicted octanol–water partition coefficient (Wildman–Crippen LogP) is 13.1. The molecule has 0 radical (unpaired) electrons. The molecule has 0 saturated heterocycles. The lowest BCUT2D eigenvalue weighted by atomic mass is 9.49. The zero-order valence-electron chi connectivity index (χ0n) is 41.0. The fourth-order valence-corrected chi connectivity index (χ4v) is 9.20. The van der Waals surface area contributed by atoms with Crippen LogP contribution in [0.1, 0.15) is 38.5 Å². The van der Waals surface area contributed by atoms with Gasteiger partial charge in [-0.1, -0.05) is 0 Å². The van der Waals surface area contributed by atoms with Crippen LogP contribution in [0.3, 0.4) is 0 Å². The summed E-state index contributed by atoms with van der Waals surface area (Å²) in [5.74, 6) is -92.4. The summed E-state index contributed by atoms with van der Waals surface area (Å²) < 4.78 is 508. The third-order valence-electron chi connectivity index (χ3n) is 13.6. The average molecular weight is 1340 g/mol. The summed E-state index contributed by atoms with van der Waals surface area (Å²) >= 11 is 0. The third-order valence-corrected chi connectivity index (χ3v) is 13.6. The average Bonchev–Trinajstić information content (AvgIpc) is 0.850. The zero-order chi connectivity index (χ0) is 66.9. The second kappa shape index (κ2) is 21.0. The molecule has 4 bridgehead atoms. The maximum Gasteiger partial charge on any atom is 0.460 e. The maximum atomic E-state index is 14.6. The molecule has 2 aromatic rings. The van der Waals surface area contributed by atoms with Crippen molar-refractivity contribution in [3.63, 3.8) is 0 Å². The zero-order valence-corrected chi connectivity index (χ0v) is 41.0. The number of alkyl halides is 36. The maximum absolute atomic E-state index is 14.6. The Kier molecular flexibility index (Phi) is 17.3. The highest BCUT2D eigenvalue weighted by atomic mass is 19.5. The Morgan fingerprint density at radius 3 is 0.674 bits per heavy atom. The van der Waals surface area contributed by atoms with E-state index in [1.807, 2.05) is 0 Å². The largest absolute Gasteiger partial charge is 0.460 e. The highest BCUT2D eigenvalue weighted by Gasteiger charge is 2.85. The molecule has 4 fully saturated rings. The van der Waals surface area contributed by atoms with Gasteiger partial charge < -0.3 is 28.7 Å².